The summed E-state index contributed by atoms with van der Waals surface area (Å²) in [4.78, 5) is 13.2. The van der Waals surface area contributed by atoms with E-state index in [2.05, 4.69) is 15.7 Å². The van der Waals surface area contributed by atoms with Crippen molar-refractivity contribution in [1.82, 2.24) is 15.1 Å². The molecule has 8 heteroatoms. The molecule has 0 fully saturated rings. The molecule has 0 saturated heterocycles. The number of amides is 1. The minimum atomic E-state index is -0.150. The first kappa shape index (κ1) is 14.7. The summed E-state index contributed by atoms with van der Waals surface area (Å²) in [6.07, 6.45) is 5.61. The summed E-state index contributed by atoms with van der Waals surface area (Å²) in [5.41, 5.74) is 6.57. The second-order valence-electron chi connectivity index (χ2n) is 3.98. The first-order valence-corrected chi connectivity index (χ1v) is 8.11. The second-order valence-corrected chi connectivity index (χ2v) is 5.82. The average Bonchev–Trinajstić information content (AvgIpc) is 3.06. The lowest BCUT2D eigenvalue weighted by atomic mass is 10.3. The average molecular weight is 311 g/mol. The molecule has 4 N–H and O–H groups in total. The van der Waals surface area contributed by atoms with Crippen molar-refractivity contribution in [2.75, 3.05) is 30.9 Å². The Kier molecular flexibility index (Phi) is 4.91. The zero-order valence-electron chi connectivity index (χ0n) is 11.3. The maximum absolute atomic E-state index is 11.7. The van der Waals surface area contributed by atoms with Gasteiger partial charge in [-0.05, 0) is 12.3 Å². The molecular weight excluding hydrogens is 294 g/mol. The van der Waals surface area contributed by atoms with Gasteiger partial charge in [0.15, 0.2) is 0 Å². The van der Waals surface area contributed by atoms with Crippen LogP contribution < -0.4 is 16.4 Å². The predicted octanol–water partition coefficient (Wildman–Crippen LogP) is 1.72. The van der Waals surface area contributed by atoms with Crippen molar-refractivity contribution in [3.8, 4) is 0 Å². The SMILES string of the molecule is CNC(=O)c1sc(NCCn2cccn2)c(SC)c1N. The molecule has 2 rings (SSSR count). The van der Waals surface area contributed by atoms with Gasteiger partial charge in [-0.1, -0.05) is 0 Å². The van der Waals surface area contributed by atoms with E-state index in [1.54, 1.807) is 13.2 Å². The number of aromatic nitrogens is 2. The third-order valence-corrected chi connectivity index (χ3v) is 4.85. The fourth-order valence-electron chi connectivity index (χ4n) is 1.75. The molecule has 6 nitrogen and oxygen atoms in total. The van der Waals surface area contributed by atoms with Crippen LogP contribution in [0.15, 0.2) is 23.4 Å². The van der Waals surface area contributed by atoms with Gasteiger partial charge in [-0.15, -0.1) is 23.1 Å². The Labute approximate surface area is 125 Å². The van der Waals surface area contributed by atoms with E-state index in [1.807, 2.05) is 23.2 Å². The molecule has 0 spiro atoms. The number of hydrogen-bond acceptors (Lipinski definition) is 6. The van der Waals surface area contributed by atoms with Gasteiger partial charge in [-0.3, -0.25) is 9.48 Å². The van der Waals surface area contributed by atoms with Crippen molar-refractivity contribution < 1.29 is 4.79 Å². The Morgan fingerprint density at radius 1 is 1.60 bits per heavy atom. The molecule has 0 saturated carbocycles. The quantitative estimate of drug-likeness (QED) is 0.707. The molecule has 2 aromatic heterocycles. The number of anilines is 2. The highest BCUT2D eigenvalue weighted by Crippen LogP contribution is 2.41. The Bertz CT molecular complexity index is 579. The highest BCUT2D eigenvalue weighted by atomic mass is 32.2. The zero-order valence-corrected chi connectivity index (χ0v) is 13.0. The zero-order chi connectivity index (χ0) is 14.5. The molecule has 0 aliphatic rings. The maximum atomic E-state index is 11.7. The van der Waals surface area contributed by atoms with Crippen molar-refractivity contribution in [3.63, 3.8) is 0 Å². The summed E-state index contributed by atoms with van der Waals surface area (Å²) in [7, 11) is 1.60. The number of nitrogen functional groups attached to an aromatic ring is 1. The lowest BCUT2D eigenvalue weighted by Gasteiger charge is -2.06. The summed E-state index contributed by atoms with van der Waals surface area (Å²) in [5.74, 6) is -0.150. The number of nitrogens with two attached hydrogens (primary N) is 1. The van der Waals surface area contributed by atoms with E-state index in [-0.39, 0.29) is 5.91 Å². The first-order valence-electron chi connectivity index (χ1n) is 6.07. The van der Waals surface area contributed by atoms with Gasteiger partial charge in [0.1, 0.15) is 9.88 Å². The number of hydrogen-bond donors (Lipinski definition) is 3. The van der Waals surface area contributed by atoms with Gasteiger partial charge in [0, 0.05) is 26.0 Å². The Morgan fingerprint density at radius 2 is 2.40 bits per heavy atom. The van der Waals surface area contributed by atoms with Crippen molar-refractivity contribution >= 4 is 39.7 Å². The molecule has 20 heavy (non-hydrogen) atoms. The number of rotatable bonds is 6. The smallest absolute Gasteiger partial charge is 0.263 e. The van der Waals surface area contributed by atoms with Gasteiger partial charge < -0.3 is 16.4 Å². The monoisotopic (exact) mass is 311 g/mol. The highest BCUT2D eigenvalue weighted by molar-refractivity contribution is 7.99. The van der Waals surface area contributed by atoms with E-state index in [9.17, 15) is 4.79 Å². The molecule has 0 bridgehead atoms. The van der Waals surface area contributed by atoms with Crippen LogP contribution in [0.4, 0.5) is 10.7 Å². The molecule has 0 unspecified atom stereocenters. The van der Waals surface area contributed by atoms with Crippen LogP contribution in [0.1, 0.15) is 9.67 Å². The number of carbonyl (C=O) groups is 1. The maximum Gasteiger partial charge on any atom is 0.263 e. The van der Waals surface area contributed by atoms with Crippen LogP contribution in [0.25, 0.3) is 0 Å². The fraction of sp³-hybridized carbons (Fsp3) is 0.333. The van der Waals surface area contributed by atoms with Crippen LogP contribution in [0.2, 0.25) is 0 Å². The lowest BCUT2D eigenvalue weighted by Crippen LogP contribution is -2.17. The van der Waals surface area contributed by atoms with Crippen molar-refractivity contribution in [1.29, 1.82) is 0 Å². The highest BCUT2D eigenvalue weighted by Gasteiger charge is 2.19. The van der Waals surface area contributed by atoms with Gasteiger partial charge in [-0.2, -0.15) is 5.10 Å². The van der Waals surface area contributed by atoms with Crippen molar-refractivity contribution in [3.05, 3.63) is 23.3 Å². The first-order chi connectivity index (χ1) is 9.67. The van der Waals surface area contributed by atoms with Crippen molar-refractivity contribution in [2.24, 2.45) is 0 Å². The number of thioether (sulfide) groups is 1. The van der Waals surface area contributed by atoms with Crippen LogP contribution in [-0.2, 0) is 6.54 Å². The molecule has 2 aromatic rings. The summed E-state index contributed by atoms with van der Waals surface area (Å²) < 4.78 is 1.85. The number of nitrogens with zero attached hydrogens (tertiary/aromatic N) is 2. The minimum absolute atomic E-state index is 0.150. The molecule has 0 aromatic carbocycles. The van der Waals surface area contributed by atoms with Gasteiger partial charge >= 0.3 is 0 Å². The lowest BCUT2D eigenvalue weighted by molar-refractivity contribution is 0.0968. The summed E-state index contributed by atoms with van der Waals surface area (Å²) in [6, 6.07) is 1.89. The van der Waals surface area contributed by atoms with E-state index in [4.69, 9.17) is 5.73 Å². The largest absolute Gasteiger partial charge is 0.396 e. The van der Waals surface area contributed by atoms with Crippen LogP contribution in [0, 0.1) is 0 Å². The van der Waals surface area contributed by atoms with E-state index < -0.39 is 0 Å². The molecule has 108 valence electrons. The van der Waals surface area contributed by atoms with Gasteiger partial charge in [0.2, 0.25) is 0 Å². The predicted molar refractivity (Wildman–Crippen MR) is 84.6 cm³/mol. The summed E-state index contributed by atoms with van der Waals surface area (Å²) in [5, 5.41) is 11.0. The third-order valence-electron chi connectivity index (χ3n) is 2.72. The van der Waals surface area contributed by atoms with Crippen LogP contribution >= 0.6 is 23.1 Å². The van der Waals surface area contributed by atoms with Gasteiger partial charge in [0.05, 0.1) is 17.1 Å². The summed E-state index contributed by atoms with van der Waals surface area (Å²) in [6.45, 7) is 1.48. The van der Waals surface area contributed by atoms with E-state index >= 15 is 0 Å². The fourth-order valence-corrected chi connectivity index (χ4v) is 3.75. The molecule has 1 amide bonds. The van der Waals surface area contributed by atoms with E-state index in [1.165, 1.54) is 23.1 Å². The Hall–Kier alpha value is -1.67. The molecule has 0 radical (unpaired) electrons. The minimum Gasteiger partial charge on any atom is -0.396 e. The molecule has 2 heterocycles. The normalized spacial score (nSPS) is 10.5. The Morgan fingerprint density at radius 3 is 3.00 bits per heavy atom. The van der Waals surface area contributed by atoms with Crippen LogP contribution in [-0.4, -0.2) is 35.5 Å². The van der Waals surface area contributed by atoms with Crippen LogP contribution in [0.3, 0.4) is 0 Å². The third kappa shape index (κ3) is 3.07. The molecule has 0 aliphatic heterocycles. The Balaban J connectivity index is 2.08. The van der Waals surface area contributed by atoms with E-state index in [0.29, 0.717) is 10.6 Å². The number of nitrogens with one attached hydrogen (secondary N) is 2. The number of carbonyl (C=O) groups excluding carboxylic acids is 1. The number of thiophene rings is 1. The molecule has 0 aliphatic carbocycles. The molecule has 0 atom stereocenters. The van der Waals surface area contributed by atoms with Gasteiger partial charge in [-0.25, -0.2) is 0 Å². The molecular formula is C12H17N5OS2. The topological polar surface area (TPSA) is 85.0 Å². The summed E-state index contributed by atoms with van der Waals surface area (Å²) >= 11 is 2.92. The van der Waals surface area contributed by atoms with Crippen molar-refractivity contribution in [2.45, 2.75) is 11.4 Å². The van der Waals surface area contributed by atoms with Crippen LogP contribution in [0.5, 0.6) is 0 Å². The standard InChI is InChI=1S/C12H17N5OS2/c1-14-11(18)9-8(13)10(19-2)12(20-9)15-5-7-17-6-3-4-16-17/h3-4,6,15H,5,7,13H2,1-2H3,(H,14,18). The van der Waals surface area contributed by atoms with E-state index in [0.717, 1.165) is 23.0 Å². The second kappa shape index (κ2) is 6.67. The van der Waals surface area contributed by atoms with Gasteiger partial charge in [0.25, 0.3) is 5.91 Å².